The van der Waals surface area contributed by atoms with Crippen LogP contribution in [0.5, 0.6) is 5.75 Å². The average molecular weight is 907 g/mol. The lowest BCUT2D eigenvalue weighted by Gasteiger charge is -2.59. The first-order valence-corrected chi connectivity index (χ1v) is 26.8. The van der Waals surface area contributed by atoms with E-state index in [1.165, 1.54) is 67.2 Å². The van der Waals surface area contributed by atoms with E-state index in [9.17, 15) is 39.9 Å². The van der Waals surface area contributed by atoms with Crippen molar-refractivity contribution < 1.29 is 39.9 Å². The third-order valence-electron chi connectivity index (χ3n) is 23.0. The fourth-order valence-electron chi connectivity index (χ4n) is 19.4. The molecular weight excluding hydrogens is 825 g/mol. The number of ketones is 3. The van der Waals surface area contributed by atoms with Gasteiger partial charge in [0.05, 0.1) is 18.3 Å². The summed E-state index contributed by atoms with van der Waals surface area (Å²) in [4.78, 5) is 36.0. The number of rotatable bonds is 2. The number of aromatic hydroxyl groups is 1. The lowest BCUT2D eigenvalue weighted by atomic mass is 9.46. The number of carbonyl (C=O) groups is 3. The zero-order chi connectivity index (χ0) is 46.7. The van der Waals surface area contributed by atoms with E-state index < -0.39 is 6.10 Å². The van der Waals surface area contributed by atoms with Crippen LogP contribution in [-0.2, 0) is 20.8 Å². The quantitative estimate of drug-likeness (QED) is 0.197. The van der Waals surface area contributed by atoms with Gasteiger partial charge in [0.25, 0.3) is 0 Å². The van der Waals surface area contributed by atoms with E-state index in [0.29, 0.717) is 54.0 Å². The Morgan fingerprint density at radius 3 is 1.82 bits per heavy atom. The summed E-state index contributed by atoms with van der Waals surface area (Å²) in [5, 5.41) is 51.0. The smallest absolute Gasteiger partial charge is 0.161 e. The van der Waals surface area contributed by atoms with Crippen molar-refractivity contribution >= 4 is 17.3 Å². The van der Waals surface area contributed by atoms with Gasteiger partial charge in [0.15, 0.2) is 17.3 Å². The molecule has 0 radical (unpaired) electrons. The number of aryl methyl sites for hydroxylation is 1. The molecule has 66 heavy (non-hydrogen) atoms. The number of benzene rings is 1. The van der Waals surface area contributed by atoms with Gasteiger partial charge in [-0.15, -0.1) is 0 Å². The van der Waals surface area contributed by atoms with Crippen molar-refractivity contribution in [2.75, 3.05) is 6.61 Å². The zero-order valence-electron chi connectivity index (χ0n) is 40.9. The van der Waals surface area contributed by atoms with Gasteiger partial charge in [-0.1, -0.05) is 51.8 Å². The maximum atomic E-state index is 12.3. The van der Waals surface area contributed by atoms with Crippen molar-refractivity contribution in [2.24, 2.45) is 80.3 Å². The largest absolute Gasteiger partial charge is 0.508 e. The molecule has 11 aliphatic carbocycles. The molecule has 18 atom stereocenters. The Kier molecular flexibility index (Phi) is 12.1. The lowest BCUT2D eigenvalue weighted by molar-refractivity contribution is -0.146. The summed E-state index contributed by atoms with van der Waals surface area (Å²) >= 11 is 0. The molecule has 0 heterocycles. The van der Waals surface area contributed by atoms with Crippen molar-refractivity contribution in [1.82, 2.24) is 0 Å². The first kappa shape index (κ1) is 47.0. The van der Waals surface area contributed by atoms with Crippen LogP contribution in [0.15, 0.2) is 41.5 Å². The first-order valence-electron chi connectivity index (χ1n) is 26.8. The molecule has 8 nitrogen and oxygen atoms in total. The molecule has 0 bridgehead atoms. The summed E-state index contributed by atoms with van der Waals surface area (Å²) in [6.45, 7) is 11.1. The van der Waals surface area contributed by atoms with Gasteiger partial charge < -0.3 is 25.5 Å². The summed E-state index contributed by atoms with van der Waals surface area (Å²) < 4.78 is 0. The molecule has 8 fully saturated rings. The second-order valence-electron chi connectivity index (χ2n) is 25.5. The maximum absolute atomic E-state index is 12.3. The van der Waals surface area contributed by atoms with E-state index in [2.05, 4.69) is 40.7 Å². The SMILES string of the molecule is C[C@]12CC[C@@H]3c4ccc(O)cc4CC[C@H]3[C@@H]1CC[C@@H]2O.C[C@]12CC[C@H]3[C@@H](CCC4=CC(=O)CC[C@@]43C)[C@@H]1CC[C@@H]2O.C[C@]12C[C@H](O)[C@H]3[C@@H](CCC4=CC(=O)CC[C@@]43C)[C@@H]1CC[C@@H]2C(=O)CO. The van der Waals surface area contributed by atoms with Crippen molar-refractivity contribution in [3.63, 3.8) is 0 Å². The number of phenolic OH excluding ortho intramolecular Hbond substituents is 1. The molecule has 1 aromatic carbocycles. The molecule has 11 aliphatic rings. The third kappa shape index (κ3) is 7.27. The predicted octanol–water partition coefficient (Wildman–Crippen LogP) is 10.2. The van der Waals surface area contributed by atoms with Crippen LogP contribution in [0.3, 0.4) is 0 Å². The van der Waals surface area contributed by atoms with E-state index >= 15 is 0 Å². The molecule has 0 saturated heterocycles. The van der Waals surface area contributed by atoms with Crippen LogP contribution >= 0.6 is 0 Å². The van der Waals surface area contributed by atoms with Crippen molar-refractivity contribution in [1.29, 1.82) is 0 Å². The predicted molar refractivity (Wildman–Crippen MR) is 255 cm³/mol. The van der Waals surface area contributed by atoms with E-state index in [1.807, 2.05) is 24.3 Å². The van der Waals surface area contributed by atoms with Gasteiger partial charge in [-0.25, -0.2) is 0 Å². The summed E-state index contributed by atoms with van der Waals surface area (Å²) in [6, 6.07) is 5.96. The highest BCUT2D eigenvalue weighted by Crippen LogP contribution is 2.68. The normalized spacial score (nSPS) is 48.3. The monoisotopic (exact) mass is 907 g/mol. The molecular formula is C58H82O8. The Hall–Kier alpha value is -2.65. The van der Waals surface area contributed by atoms with Gasteiger partial charge >= 0.3 is 0 Å². The van der Waals surface area contributed by atoms with E-state index in [0.717, 1.165) is 94.8 Å². The van der Waals surface area contributed by atoms with Gasteiger partial charge in [-0.3, -0.25) is 14.4 Å². The Bertz CT molecular complexity index is 2160. The number of aliphatic hydroxyl groups is 4. The standard InChI is InChI=1S/C21H30O4.C19H28O2.C18H24O2/c1-20-8-7-13(23)9-12(20)3-4-14-15-5-6-16(18(25)11-22)21(15,2)10-17(24)19(14)20;1-18-9-7-13(20)11-12(18)3-4-14-15-5-6-17(21)19(15,2)10-8-16(14)18;1-18-9-8-14-13-5-3-12(19)10-11(13)2-4-15(14)16(18)6-7-17(18)20/h9,14-17,19,22,24H,3-8,10-11H2,1-2H3;11,14-17,21H,3-10H2,1-2H3;3,5,10,14-17,19-20H,2,4,6-9H2,1H3/t14-,15-,16+,17-,19+,20-,21-;14-,15-,16-,17-,18-,19-;14-,15-,16+,17+,18+/m001/s1. The molecule has 5 N–H and O–H groups in total. The minimum atomic E-state index is -0.430. The van der Waals surface area contributed by atoms with Crippen LogP contribution < -0.4 is 0 Å². The summed E-state index contributed by atoms with van der Waals surface area (Å²) in [5.74, 6) is 6.18. The average Bonchev–Trinajstić information content (AvgIpc) is 3.91. The molecule has 8 saturated carbocycles. The zero-order valence-corrected chi connectivity index (χ0v) is 40.9. The molecule has 1 aromatic rings. The molecule has 12 rings (SSSR count). The number of aliphatic hydroxyl groups excluding tert-OH is 4. The number of hydrogen-bond acceptors (Lipinski definition) is 8. The molecule has 0 amide bonds. The molecule has 0 spiro atoms. The highest BCUT2D eigenvalue weighted by atomic mass is 16.3. The van der Waals surface area contributed by atoms with Crippen molar-refractivity contribution in [3.05, 3.63) is 52.6 Å². The van der Waals surface area contributed by atoms with Gasteiger partial charge in [0.1, 0.15) is 12.4 Å². The minimum Gasteiger partial charge on any atom is -0.508 e. The van der Waals surface area contributed by atoms with E-state index in [-0.39, 0.29) is 69.3 Å². The van der Waals surface area contributed by atoms with Gasteiger partial charge in [-0.2, -0.15) is 0 Å². The highest BCUT2D eigenvalue weighted by molar-refractivity contribution is 5.92. The number of carbonyl (C=O) groups excluding carboxylic acids is 3. The van der Waals surface area contributed by atoms with Crippen LogP contribution in [0.2, 0.25) is 0 Å². The maximum Gasteiger partial charge on any atom is 0.161 e. The Labute approximate surface area is 394 Å². The fraction of sp³-hybridized carbons (Fsp3) is 0.776. The number of Topliss-reactive ketones (excluding diaryl/α,β-unsaturated/α-hetero) is 1. The van der Waals surface area contributed by atoms with Crippen LogP contribution in [0.1, 0.15) is 180 Å². The Morgan fingerprint density at radius 2 is 1.15 bits per heavy atom. The highest BCUT2D eigenvalue weighted by Gasteiger charge is 2.63. The van der Waals surface area contributed by atoms with Gasteiger partial charge in [-0.05, 0) is 238 Å². The number of allylic oxidation sites excluding steroid dienone is 2. The molecule has 362 valence electrons. The molecule has 0 aliphatic heterocycles. The fourth-order valence-corrected chi connectivity index (χ4v) is 19.4. The second kappa shape index (κ2) is 17.0. The minimum absolute atomic E-state index is 0.0541. The number of fused-ring (bicyclic) bond motifs is 15. The summed E-state index contributed by atoms with van der Waals surface area (Å²) in [7, 11) is 0. The topological polar surface area (TPSA) is 152 Å². The van der Waals surface area contributed by atoms with Gasteiger partial charge in [0.2, 0.25) is 0 Å². The molecule has 0 unspecified atom stereocenters. The number of hydrogen-bond donors (Lipinski definition) is 5. The summed E-state index contributed by atoms with van der Waals surface area (Å²) in [5.41, 5.74) is 5.86. The van der Waals surface area contributed by atoms with Crippen LogP contribution in [0.25, 0.3) is 0 Å². The van der Waals surface area contributed by atoms with Crippen molar-refractivity contribution in [2.45, 2.75) is 194 Å². The van der Waals surface area contributed by atoms with Crippen LogP contribution in [-0.4, -0.2) is 67.8 Å². The van der Waals surface area contributed by atoms with Gasteiger partial charge in [0, 0.05) is 18.8 Å². The Morgan fingerprint density at radius 1 is 0.591 bits per heavy atom. The van der Waals surface area contributed by atoms with Crippen LogP contribution in [0.4, 0.5) is 0 Å². The third-order valence-corrected chi connectivity index (χ3v) is 23.0. The summed E-state index contributed by atoms with van der Waals surface area (Å²) in [6.07, 6.45) is 24.8. The molecule has 0 aromatic heterocycles. The van der Waals surface area contributed by atoms with Crippen molar-refractivity contribution in [3.8, 4) is 5.75 Å². The van der Waals surface area contributed by atoms with E-state index in [1.54, 1.807) is 0 Å². The first-order chi connectivity index (χ1) is 31.4. The van der Waals surface area contributed by atoms with E-state index in [4.69, 9.17) is 0 Å². The van der Waals surface area contributed by atoms with Crippen LogP contribution in [0, 0.1) is 80.3 Å². The lowest BCUT2D eigenvalue weighted by Crippen LogP contribution is -2.57. The molecule has 8 heteroatoms. The Balaban J connectivity index is 0.000000117. The number of phenols is 1. The second-order valence-corrected chi connectivity index (χ2v) is 25.5.